The Kier molecular flexibility index (Phi) is 8.56. The molecule has 3 aromatic rings. The van der Waals surface area contributed by atoms with Crippen molar-refractivity contribution in [2.45, 2.75) is 6.61 Å². The van der Waals surface area contributed by atoms with E-state index in [9.17, 15) is 10.1 Å². The number of hydrogen-bond acceptors (Lipinski definition) is 4. The van der Waals surface area contributed by atoms with Gasteiger partial charge in [0.2, 0.25) is 0 Å². The first-order valence-electron chi connectivity index (χ1n) is 9.33. The molecule has 0 aliphatic heterocycles. The fourth-order valence-electron chi connectivity index (χ4n) is 2.75. The Balaban J connectivity index is 1.80. The van der Waals surface area contributed by atoms with Gasteiger partial charge in [-0.15, -0.1) is 0 Å². The molecule has 0 saturated carbocycles. The van der Waals surface area contributed by atoms with Gasteiger partial charge in [-0.3, -0.25) is 4.79 Å². The summed E-state index contributed by atoms with van der Waals surface area (Å²) in [5, 5.41) is 12.7. The van der Waals surface area contributed by atoms with Crippen LogP contribution in [0.1, 0.15) is 11.1 Å². The van der Waals surface area contributed by atoms with Gasteiger partial charge in [0.1, 0.15) is 18.2 Å². The van der Waals surface area contributed by atoms with Crippen LogP contribution in [0.4, 0.5) is 5.69 Å². The van der Waals surface area contributed by atoms with Gasteiger partial charge in [-0.05, 0) is 88.3 Å². The third-order valence-electron chi connectivity index (χ3n) is 4.33. The monoisotopic (exact) mass is 622 g/mol. The lowest BCUT2D eigenvalue weighted by atomic mass is 10.1. The van der Waals surface area contributed by atoms with E-state index in [1.54, 1.807) is 37.4 Å². The van der Waals surface area contributed by atoms with Crippen LogP contribution in [-0.2, 0) is 11.4 Å². The van der Waals surface area contributed by atoms with Gasteiger partial charge in [-0.2, -0.15) is 5.26 Å². The minimum atomic E-state index is -0.514. The summed E-state index contributed by atoms with van der Waals surface area (Å²) in [5.41, 5.74) is 2.16. The van der Waals surface area contributed by atoms with Gasteiger partial charge < -0.3 is 14.8 Å². The van der Waals surface area contributed by atoms with Crippen molar-refractivity contribution in [1.82, 2.24) is 0 Å². The number of amides is 1. The molecule has 0 radical (unpaired) electrons. The average Bonchev–Trinajstić information content (AvgIpc) is 2.79. The SMILES string of the molecule is COc1cc(/C=C(/C#N)C(=O)Nc2ccc(Cl)cc2)cc(I)c1OCc1ccc(Br)cc1. The Morgan fingerprint density at radius 3 is 2.50 bits per heavy atom. The van der Waals surface area contributed by atoms with Crippen molar-refractivity contribution in [2.24, 2.45) is 0 Å². The van der Waals surface area contributed by atoms with Crippen LogP contribution in [0, 0.1) is 14.9 Å². The molecule has 0 atom stereocenters. The summed E-state index contributed by atoms with van der Waals surface area (Å²) in [5.74, 6) is 0.590. The number of methoxy groups -OCH3 is 1. The molecule has 5 nitrogen and oxygen atoms in total. The van der Waals surface area contributed by atoms with E-state index in [-0.39, 0.29) is 5.57 Å². The third-order valence-corrected chi connectivity index (χ3v) is 5.91. The molecule has 1 amide bonds. The van der Waals surface area contributed by atoms with E-state index in [1.165, 1.54) is 6.08 Å². The molecule has 0 aromatic heterocycles. The second-order valence-corrected chi connectivity index (χ2v) is 9.09. The minimum Gasteiger partial charge on any atom is -0.493 e. The van der Waals surface area contributed by atoms with Crippen LogP contribution in [0.3, 0.4) is 0 Å². The number of hydrogen-bond donors (Lipinski definition) is 1. The highest BCUT2D eigenvalue weighted by Gasteiger charge is 2.14. The number of ether oxygens (including phenoxy) is 2. The van der Waals surface area contributed by atoms with Gasteiger partial charge in [0.05, 0.1) is 10.7 Å². The van der Waals surface area contributed by atoms with Gasteiger partial charge in [-0.1, -0.05) is 39.7 Å². The lowest BCUT2D eigenvalue weighted by Gasteiger charge is -2.14. The number of benzene rings is 3. The molecule has 0 aliphatic rings. The van der Waals surface area contributed by atoms with Crippen LogP contribution in [0.15, 0.2) is 70.7 Å². The molecule has 32 heavy (non-hydrogen) atoms. The standard InChI is InChI=1S/C24H17BrClIN2O3/c1-31-22-12-16(10-17(13-28)24(30)29-20-8-6-19(26)7-9-20)11-21(27)23(22)32-14-15-2-4-18(25)5-3-15/h2-12H,14H2,1H3,(H,29,30)/b17-10-. The maximum Gasteiger partial charge on any atom is 0.266 e. The molecular formula is C24H17BrClIN2O3. The number of carbonyl (C=O) groups is 1. The average molecular weight is 624 g/mol. The Morgan fingerprint density at radius 2 is 1.88 bits per heavy atom. The minimum absolute atomic E-state index is 0.0404. The summed E-state index contributed by atoms with van der Waals surface area (Å²) in [7, 11) is 1.55. The van der Waals surface area contributed by atoms with Crippen molar-refractivity contribution in [3.8, 4) is 17.6 Å². The smallest absolute Gasteiger partial charge is 0.266 e. The number of nitrogens with zero attached hydrogens (tertiary/aromatic N) is 1. The zero-order valence-electron chi connectivity index (χ0n) is 16.9. The molecule has 8 heteroatoms. The van der Waals surface area contributed by atoms with Crippen molar-refractivity contribution in [3.05, 3.63) is 90.4 Å². The number of carbonyl (C=O) groups excluding carboxylic acids is 1. The Hall–Kier alpha value is -2.54. The van der Waals surface area contributed by atoms with Crippen LogP contribution in [-0.4, -0.2) is 13.0 Å². The quantitative estimate of drug-likeness (QED) is 0.178. The van der Waals surface area contributed by atoms with Crippen LogP contribution >= 0.6 is 50.1 Å². The van der Waals surface area contributed by atoms with Crippen LogP contribution in [0.5, 0.6) is 11.5 Å². The number of halogens is 3. The van der Waals surface area contributed by atoms with E-state index < -0.39 is 5.91 Å². The van der Waals surface area contributed by atoms with Crippen LogP contribution in [0.25, 0.3) is 6.08 Å². The van der Waals surface area contributed by atoms with Crippen molar-refractivity contribution >= 4 is 67.8 Å². The van der Waals surface area contributed by atoms with Gasteiger partial charge in [0.15, 0.2) is 11.5 Å². The molecule has 0 aliphatic carbocycles. The summed E-state index contributed by atoms with van der Waals surface area (Å²) in [6.45, 7) is 0.377. The highest BCUT2D eigenvalue weighted by atomic mass is 127. The molecule has 0 fully saturated rings. The number of anilines is 1. The highest BCUT2D eigenvalue weighted by molar-refractivity contribution is 14.1. The number of nitriles is 1. The second kappa shape index (κ2) is 11.4. The molecule has 0 unspecified atom stereocenters. The van der Waals surface area contributed by atoms with Crippen molar-refractivity contribution in [2.75, 3.05) is 12.4 Å². The van der Waals surface area contributed by atoms with E-state index in [2.05, 4.69) is 43.8 Å². The van der Waals surface area contributed by atoms with Gasteiger partial charge in [-0.25, -0.2) is 0 Å². The fourth-order valence-corrected chi connectivity index (χ4v) is 3.92. The summed E-state index contributed by atoms with van der Waals surface area (Å²) in [6, 6.07) is 20.0. The molecule has 0 heterocycles. The van der Waals surface area contributed by atoms with E-state index in [0.29, 0.717) is 34.4 Å². The predicted octanol–water partition coefficient (Wildman–Crippen LogP) is 6.84. The molecular weight excluding hydrogens is 607 g/mol. The molecule has 0 bridgehead atoms. The Morgan fingerprint density at radius 1 is 1.19 bits per heavy atom. The van der Waals surface area contributed by atoms with Gasteiger partial charge in [0, 0.05) is 15.2 Å². The zero-order chi connectivity index (χ0) is 23.1. The first kappa shape index (κ1) is 24.1. The van der Waals surface area contributed by atoms with Crippen molar-refractivity contribution < 1.29 is 14.3 Å². The maximum absolute atomic E-state index is 12.5. The van der Waals surface area contributed by atoms with E-state index in [1.807, 2.05) is 36.4 Å². The van der Waals surface area contributed by atoms with Crippen molar-refractivity contribution in [1.29, 1.82) is 5.26 Å². The van der Waals surface area contributed by atoms with Crippen molar-refractivity contribution in [3.63, 3.8) is 0 Å². The lowest BCUT2D eigenvalue weighted by molar-refractivity contribution is -0.112. The van der Waals surface area contributed by atoms with E-state index in [4.69, 9.17) is 21.1 Å². The molecule has 1 N–H and O–H groups in total. The number of rotatable bonds is 7. The number of nitrogens with one attached hydrogen (secondary N) is 1. The molecule has 0 saturated heterocycles. The van der Waals surface area contributed by atoms with Crippen LogP contribution < -0.4 is 14.8 Å². The highest BCUT2D eigenvalue weighted by Crippen LogP contribution is 2.35. The lowest BCUT2D eigenvalue weighted by Crippen LogP contribution is -2.13. The Bertz CT molecular complexity index is 1190. The molecule has 162 valence electrons. The fraction of sp³-hybridized carbons (Fsp3) is 0.0833. The summed E-state index contributed by atoms with van der Waals surface area (Å²) in [4.78, 5) is 12.5. The Labute approximate surface area is 213 Å². The molecule has 3 rings (SSSR count). The van der Waals surface area contributed by atoms with E-state index in [0.717, 1.165) is 13.6 Å². The van der Waals surface area contributed by atoms with Gasteiger partial charge >= 0.3 is 0 Å². The summed E-state index contributed by atoms with van der Waals surface area (Å²) >= 11 is 11.4. The maximum atomic E-state index is 12.5. The predicted molar refractivity (Wildman–Crippen MR) is 138 cm³/mol. The largest absolute Gasteiger partial charge is 0.493 e. The normalized spacial score (nSPS) is 10.9. The molecule has 3 aromatic carbocycles. The van der Waals surface area contributed by atoms with Gasteiger partial charge in [0.25, 0.3) is 5.91 Å². The first-order valence-corrected chi connectivity index (χ1v) is 11.6. The second-order valence-electron chi connectivity index (χ2n) is 6.58. The molecule has 0 spiro atoms. The summed E-state index contributed by atoms with van der Waals surface area (Å²) in [6.07, 6.45) is 1.51. The third kappa shape index (κ3) is 6.48. The first-order chi connectivity index (χ1) is 15.4. The topological polar surface area (TPSA) is 71.3 Å². The van der Waals surface area contributed by atoms with E-state index >= 15 is 0 Å². The zero-order valence-corrected chi connectivity index (χ0v) is 21.4. The van der Waals surface area contributed by atoms with Crippen LogP contribution in [0.2, 0.25) is 5.02 Å². The summed E-state index contributed by atoms with van der Waals surface area (Å²) < 4.78 is 13.3.